The number of hydrogen-bond donors (Lipinski definition) is 3. The predicted molar refractivity (Wildman–Crippen MR) is 137 cm³/mol. The van der Waals surface area contributed by atoms with Gasteiger partial charge in [-0.05, 0) is 44.2 Å². The Kier molecular flexibility index (Phi) is 9.44. The van der Waals surface area contributed by atoms with E-state index in [-0.39, 0.29) is 30.4 Å². The maximum Gasteiger partial charge on any atom is 0.315 e. The monoisotopic (exact) mass is 460 g/mol. The molecule has 0 aliphatic carbocycles. The van der Waals surface area contributed by atoms with Crippen molar-refractivity contribution in [2.24, 2.45) is 0 Å². The molecule has 0 bridgehead atoms. The number of nitrogens with one attached hydrogen (secondary N) is 3. The van der Waals surface area contributed by atoms with Crippen LogP contribution in [0.15, 0.2) is 72.3 Å². The number of hydrogen-bond acceptors (Lipinski definition) is 3. The van der Waals surface area contributed by atoms with Crippen molar-refractivity contribution in [3.05, 3.63) is 83.4 Å². The summed E-state index contributed by atoms with van der Waals surface area (Å²) < 4.78 is 0. The number of carbonyl (C=O) groups is 2. The number of carbonyl (C=O) groups excluding carboxylic acids is 2. The Hall–Kier alpha value is -3.41. The molecule has 2 aromatic carbocycles. The van der Waals surface area contributed by atoms with E-state index in [0.717, 1.165) is 24.8 Å². The van der Waals surface area contributed by atoms with Crippen molar-refractivity contribution in [3.63, 3.8) is 0 Å². The number of nitrogens with zero attached hydrogens (tertiary/aromatic N) is 1. The van der Waals surface area contributed by atoms with E-state index in [4.69, 9.17) is 5.41 Å². The average molecular weight is 461 g/mol. The first-order valence-corrected chi connectivity index (χ1v) is 12.1. The second-order valence-corrected chi connectivity index (χ2v) is 9.02. The maximum absolute atomic E-state index is 13.2. The minimum Gasteiger partial charge on any atom is -0.337 e. The summed E-state index contributed by atoms with van der Waals surface area (Å²) in [6.07, 6.45) is 5.50. The Bertz CT molecular complexity index is 948. The zero-order chi connectivity index (χ0) is 24.3. The van der Waals surface area contributed by atoms with Gasteiger partial charge in [0, 0.05) is 37.2 Å². The number of benzene rings is 2. The minimum atomic E-state index is -0.357. The van der Waals surface area contributed by atoms with Gasteiger partial charge in [0.2, 0.25) is 5.91 Å². The predicted octanol–water partition coefficient (Wildman–Crippen LogP) is 4.87. The van der Waals surface area contributed by atoms with Gasteiger partial charge in [0.05, 0.1) is 6.54 Å². The quantitative estimate of drug-likeness (QED) is 0.368. The molecule has 0 spiro atoms. The molecule has 180 valence electrons. The number of amides is 3. The van der Waals surface area contributed by atoms with Crippen molar-refractivity contribution >= 4 is 17.6 Å². The van der Waals surface area contributed by atoms with E-state index in [1.165, 1.54) is 11.1 Å². The van der Waals surface area contributed by atoms with Crippen molar-refractivity contribution in [1.82, 2.24) is 15.5 Å². The van der Waals surface area contributed by atoms with Crippen LogP contribution >= 0.6 is 0 Å². The largest absolute Gasteiger partial charge is 0.337 e. The lowest BCUT2D eigenvalue weighted by Crippen LogP contribution is -2.51. The Morgan fingerprint density at radius 1 is 0.971 bits per heavy atom. The van der Waals surface area contributed by atoms with Crippen LogP contribution in [0.25, 0.3) is 0 Å². The highest BCUT2D eigenvalue weighted by atomic mass is 16.2. The van der Waals surface area contributed by atoms with Crippen LogP contribution in [0.1, 0.15) is 56.6 Å². The van der Waals surface area contributed by atoms with E-state index in [9.17, 15) is 9.59 Å². The van der Waals surface area contributed by atoms with E-state index in [0.29, 0.717) is 25.2 Å². The van der Waals surface area contributed by atoms with Gasteiger partial charge in [0.1, 0.15) is 0 Å². The second-order valence-electron chi connectivity index (χ2n) is 9.02. The van der Waals surface area contributed by atoms with E-state index < -0.39 is 0 Å². The normalized spacial score (nSPS) is 16.3. The molecule has 1 aliphatic heterocycles. The summed E-state index contributed by atoms with van der Waals surface area (Å²) in [7, 11) is 0. The van der Waals surface area contributed by atoms with Crippen LogP contribution in [0.3, 0.4) is 0 Å². The van der Waals surface area contributed by atoms with Gasteiger partial charge < -0.3 is 20.9 Å². The number of allylic oxidation sites excluding steroid dienone is 1. The summed E-state index contributed by atoms with van der Waals surface area (Å²) in [5, 5.41) is 13.0. The molecular weight excluding hydrogens is 424 g/mol. The number of rotatable bonds is 9. The summed E-state index contributed by atoms with van der Waals surface area (Å²) in [5.74, 6) is 0.0361. The van der Waals surface area contributed by atoms with Gasteiger partial charge in [0.25, 0.3) is 0 Å². The highest BCUT2D eigenvalue weighted by molar-refractivity contribution is 5.84. The fourth-order valence-electron chi connectivity index (χ4n) is 4.51. The number of piperidine rings is 1. The Morgan fingerprint density at radius 3 is 2.15 bits per heavy atom. The lowest BCUT2D eigenvalue weighted by molar-refractivity contribution is -0.134. The fraction of sp³-hybridized carbons (Fsp3) is 0.393. The van der Waals surface area contributed by atoms with Gasteiger partial charge in [-0.3, -0.25) is 4.79 Å². The Labute approximate surface area is 203 Å². The number of likely N-dealkylation sites (tertiary alicyclic amines) is 1. The second kappa shape index (κ2) is 12.7. The molecule has 1 saturated heterocycles. The molecule has 0 radical (unpaired) electrons. The van der Waals surface area contributed by atoms with Gasteiger partial charge in [-0.1, -0.05) is 72.3 Å². The molecule has 3 amide bonds. The first kappa shape index (κ1) is 25.2. The van der Waals surface area contributed by atoms with Crippen molar-refractivity contribution in [3.8, 4) is 0 Å². The van der Waals surface area contributed by atoms with E-state index in [1.54, 1.807) is 6.92 Å². The van der Waals surface area contributed by atoms with Crippen molar-refractivity contribution in [2.75, 3.05) is 19.6 Å². The number of urea groups is 1. The molecule has 1 unspecified atom stereocenters. The molecule has 3 rings (SSSR count). The molecule has 34 heavy (non-hydrogen) atoms. The van der Waals surface area contributed by atoms with Crippen molar-refractivity contribution < 1.29 is 9.59 Å². The minimum absolute atomic E-state index is 0.0268. The summed E-state index contributed by atoms with van der Waals surface area (Å²) in [5.41, 5.74) is 3.96. The van der Waals surface area contributed by atoms with Crippen LogP contribution in [0.2, 0.25) is 0 Å². The third-order valence-corrected chi connectivity index (χ3v) is 6.26. The lowest BCUT2D eigenvalue weighted by Gasteiger charge is -2.41. The fourth-order valence-corrected chi connectivity index (χ4v) is 4.51. The highest BCUT2D eigenvalue weighted by Crippen LogP contribution is 2.35. The van der Waals surface area contributed by atoms with Gasteiger partial charge in [-0.25, -0.2) is 4.79 Å². The molecule has 1 fully saturated rings. The molecule has 6 heteroatoms. The summed E-state index contributed by atoms with van der Waals surface area (Å²) in [6, 6.07) is 20.5. The smallest absolute Gasteiger partial charge is 0.315 e. The van der Waals surface area contributed by atoms with Gasteiger partial charge >= 0.3 is 6.03 Å². The zero-order valence-corrected chi connectivity index (χ0v) is 20.2. The third kappa shape index (κ3) is 7.30. The van der Waals surface area contributed by atoms with Gasteiger partial charge in [-0.2, -0.15) is 0 Å². The van der Waals surface area contributed by atoms with E-state index in [1.807, 2.05) is 54.3 Å². The lowest BCUT2D eigenvalue weighted by atomic mass is 9.80. The van der Waals surface area contributed by atoms with Gasteiger partial charge in [0.15, 0.2) is 0 Å². The standard InChI is InChI=1S/C28H36N4O2/c1-21(16-17-22(2)29)19-30-28(34)31-20-26(33)32-18-10-9-15-25(32)27(23-11-5-3-6-12-23)24-13-7-4-8-14-24/h3-8,11-14,16,25,27,29H,9-10,15,17-20H2,1-2H3,(H2,30,31,34). The first-order chi connectivity index (χ1) is 16.5. The SMILES string of the molecule is CC(=N)CC=C(C)CNC(=O)NCC(=O)N1CCCCC1C(c1ccccc1)c1ccccc1. The Balaban J connectivity index is 1.66. The van der Waals surface area contributed by atoms with Crippen molar-refractivity contribution in [2.45, 2.75) is 51.5 Å². The Morgan fingerprint density at radius 2 is 1.56 bits per heavy atom. The molecule has 1 aliphatic rings. The third-order valence-electron chi connectivity index (χ3n) is 6.26. The van der Waals surface area contributed by atoms with E-state index >= 15 is 0 Å². The van der Waals surface area contributed by atoms with E-state index in [2.05, 4.69) is 34.9 Å². The molecule has 1 atom stereocenters. The average Bonchev–Trinajstić information content (AvgIpc) is 2.86. The summed E-state index contributed by atoms with van der Waals surface area (Å²) >= 11 is 0. The van der Waals surface area contributed by atoms with Gasteiger partial charge in [-0.15, -0.1) is 0 Å². The van der Waals surface area contributed by atoms with Crippen LogP contribution in [0.4, 0.5) is 4.79 Å². The van der Waals surface area contributed by atoms with Crippen LogP contribution in [0.5, 0.6) is 0 Å². The summed E-state index contributed by atoms with van der Waals surface area (Å²) in [6.45, 7) is 4.74. The van der Waals surface area contributed by atoms with Crippen LogP contribution in [0, 0.1) is 5.41 Å². The molecule has 0 aromatic heterocycles. The maximum atomic E-state index is 13.2. The van der Waals surface area contributed by atoms with Crippen LogP contribution in [-0.2, 0) is 4.79 Å². The highest BCUT2D eigenvalue weighted by Gasteiger charge is 2.34. The van der Waals surface area contributed by atoms with Crippen molar-refractivity contribution in [1.29, 1.82) is 5.41 Å². The summed E-state index contributed by atoms with van der Waals surface area (Å²) in [4.78, 5) is 27.5. The molecule has 1 heterocycles. The first-order valence-electron chi connectivity index (χ1n) is 12.1. The molecule has 2 aromatic rings. The molecule has 3 N–H and O–H groups in total. The molecular formula is C28H36N4O2. The topological polar surface area (TPSA) is 85.3 Å². The zero-order valence-electron chi connectivity index (χ0n) is 20.2. The van der Waals surface area contributed by atoms with Crippen LogP contribution < -0.4 is 10.6 Å². The molecule has 6 nitrogen and oxygen atoms in total. The molecule has 0 saturated carbocycles. The van der Waals surface area contributed by atoms with Crippen LogP contribution in [-0.4, -0.2) is 48.2 Å².